The summed E-state index contributed by atoms with van der Waals surface area (Å²) in [7, 11) is 2.09. The average molecular weight is 474 g/mol. The maximum atomic E-state index is 12.4. The molecule has 0 spiro atoms. The highest BCUT2D eigenvalue weighted by atomic mass is 19.4. The van der Waals surface area contributed by atoms with Gasteiger partial charge in [0.05, 0.1) is 11.2 Å². The number of piperazine rings is 1. The van der Waals surface area contributed by atoms with Crippen molar-refractivity contribution in [3.8, 4) is 5.75 Å². The number of likely N-dealkylation sites (N-methyl/N-ethyl adjacent to an activating group) is 1. The molecule has 8 nitrogen and oxygen atoms in total. The van der Waals surface area contributed by atoms with E-state index in [2.05, 4.69) is 41.9 Å². The number of pyridine rings is 1. The van der Waals surface area contributed by atoms with Crippen LogP contribution < -0.4 is 15.0 Å². The lowest BCUT2D eigenvalue weighted by molar-refractivity contribution is -0.274. The van der Waals surface area contributed by atoms with Crippen molar-refractivity contribution in [3.05, 3.63) is 47.7 Å². The number of halogens is 3. The number of aryl methyl sites for hydroxylation is 2. The fraction of sp³-hybridized carbons (Fsp3) is 0.391. The van der Waals surface area contributed by atoms with E-state index >= 15 is 0 Å². The van der Waals surface area contributed by atoms with Crippen LogP contribution in [0.4, 0.5) is 24.9 Å². The van der Waals surface area contributed by atoms with Crippen molar-refractivity contribution in [2.45, 2.75) is 26.1 Å². The first-order chi connectivity index (χ1) is 16.2. The van der Waals surface area contributed by atoms with Crippen molar-refractivity contribution in [1.82, 2.24) is 19.9 Å². The minimum Gasteiger partial charge on any atom is -0.406 e. The van der Waals surface area contributed by atoms with Gasteiger partial charge in [-0.15, -0.1) is 13.2 Å². The third-order valence-corrected chi connectivity index (χ3v) is 5.56. The second-order valence-electron chi connectivity index (χ2n) is 8.20. The highest BCUT2D eigenvalue weighted by Crippen LogP contribution is 2.23. The normalized spacial score (nSPS) is 14.9. The molecule has 34 heavy (non-hydrogen) atoms. The standard InChI is InChI=1S/C23H25F3N6O2/c1-15-21-18(28-22(27-15)32-13-11-31(2)12-14-32)8-9-19(30-21)29-20(33)10-5-16-3-6-17(7-4-16)34-23(24,25)26/h3-4,6-9H,5,10-14H2,1-2H3,(H,29,30,33). The van der Waals surface area contributed by atoms with Crippen LogP contribution in [0.15, 0.2) is 36.4 Å². The molecule has 1 N–H and O–H groups in total. The van der Waals surface area contributed by atoms with Crippen molar-refractivity contribution in [2.24, 2.45) is 0 Å². The first kappa shape index (κ1) is 23.7. The minimum atomic E-state index is -4.73. The number of nitrogens with one attached hydrogen (secondary N) is 1. The van der Waals surface area contributed by atoms with Gasteiger partial charge in [0.15, 0.2) is 0 Å². The van der Waals surface area contributed by atoms with Gasteiger partial charge in [-0.3, -0.25) is 4.79 Å². The van der Waals surface area contributed by atoms with E-state index in [1.54, 1.807) is 6.07 Å². The molecule has 1 fully saturated rings. The van der Waals surface area contributed by atoms with Gasteiger partial charge in [-0.1, -0.05) is 12.1 Å². The summed E-state index contributed by atoms with van der Waals surface area (Å²) in [6.07, 6.45) is -4.22. The topological polar surface area (TPSA) is 83.5 Å². The Kier molecular flexibility index (Phi) is 6.82. The number of ether oxygens (including phenoxy) is 1. The van der Waals surface area contributed by atoms with E-state index < -0.39 is 6.36 Å². The van der Waals surface area contributed by atoms with Crippen LogP contribution >= 0.6 is 0 Å². The zero-order chi connectivity index (χ0) is 24.3. The summed E-state index contributed by atoms with van der Waals surface area (Å²) < 4.78 is 40.6. The summed E-state index contributed by atoms with van der Waals surface area (Å²) in [5, 5.41) is 2.76. The molecule has 0 unspecified atom stereocenters. The molecule has 3 heterocycles. The van der Waals surface area contributed by atoms with Crippen molar-refractivity contribution in [3.63, 3.8) is 0 Å². The molecule has 0 radical (unpaired) electrons. The number of hydrogen-bond donors (Lipinski definition) is 1. The summed E-state index contributed by atoms with van der Waals surface area (Å²) in [4.78, 5) is 30.6. The smallest absolute Gasteiger partial charge is 0.406 e. The van der Waals surface area contributed by atoms with Crippen LogP contribution in [0.5, 0.6) is 5.75 Å². The van der Waals surface area contributed by atoms with Crippen LogP contribution in [0.3, 0.4) is 0 Å². The number of carbonyl (C=O) groups excluding carboxylic acids is 1. The average Bonchev–Trinajstić information content (AvgIpc) is 2.78. The van der Waals surface area contributed by atoms with E-state index in [9.17, 15) is 18.0 Å². The quantitative estimate of drug-likeness (QED) is 0.585. The molecule has 1 aliphatic heterocycles. The van der Waals surface area contributed by atoms with Gasteiger partial charge in [-0.2, -0.15) is 0 Å². The van der Waals surface area contributed by atoms with Crippen LogP contribution in [-0.2, 0) is 11.2 Å². The Morgan fingerprint density at radius 2 is 1.74 bits per heavy atom. The van der Waals surface area contributed by atoms with Crippen molar-refractivity contribution in [2.75, 3.05) is 43.4 Å². The number of fused-ring (bicyclic) bond motifs is 1. The molecule has 0 bridgehead atoms. The predicted octanol–water partition coefficient (Wildman–Crippen LogP) is 3.55. The lowest BCUT2D eigenvalue weighted by Crippen LogP contribution is -2.45. The van der Waals surface area contributed by atoms with Crippen LogP contribution in [0.2, 0.25) is 0 Å². The van der Waals surface area contributed by atoms with E-state index in [0.717, 1.165) is 37.4 Å². The monoisotopic (exact) mass is 474 g/mol. The highest BCUT2D eigenvalue weighted by Gasteiger charge is 2.31. The Balaban J connectivity index is 1.36. The first-order valence-electron chi connectivity index (χ1n) is 10.9. The molecule has 0 atom stereocenters. The summed E-state index contributed by atoms with van der Waals surface area (Å²) >= 11 is 0. The lowest BCUT2D eigenvalue weighted by Gasteiger charge is -2.32. The Hall–Kier alpha value is -3.47. The largest absolute Gasteiger partial charge is 0.573 e. The second kappa shape index (κ2) is 9.80. The number of hydrogen-bond acceptors (Lipinski definition) is 7. The minimum absolute atomic E-state index is 0.150. The summed E-state index contributed by atoms with van der Waals surface area (Å²) in [5.74, 6) is 0.526. The maximum Gasteiger partial charge on any atom is 0.573 e. The molecule has 0 saturated carbocycles. The third-order valence-electron chi connectivity index (χ3n) is 5.56. The molecular formula is C23H25F3N6O2. The van der Waals surface area contributed by atoms with E-state index in [-0.39, 0.29) is 18.1 Å². The predicted molar refractivity (Wildman–Crippen MR) is 122 cm³/mol. The molecule has 1 saturated heterocycles. The molecule has 3 aromatic rings. The van der Waals surface area contributed by atoms with E-state index in [0.29, 0.717) is 29.2 Å². The van der Waals surface area contributed by atoms with Crippen molar-refractivity contribution in [1.29, 1.82) is 0 Å². The fourth-order valence-corrected chi connectivity index (χ4v) is 3.68. The molecule has 1 aromatic carbocycles. The van der Waals surface area contributed by atoms with Gasteiger partial charge in [0.2, 0.25) is 11.9 Å². The van der Waals surface area contributed by atoms with E-state index in [1.165, 1.54) is 24.3 Å². The number of alkyl halides is 3. The number of nitrogens with zero attached hydrogens (tertiary/aromatic N) is 5. The Morgan fingerprint density at radius 1 is 1.03 bits per heavy atom. The molecule has 1 aliphatic rings. The van der Waals surface area contributed by atoms with Gasteiger partial charge in [-0.25, -0.2) is 15.0 Å². The van der Waals surface area contributed by atoms with Gasteiger partial charge in [-0.05, 0) is 50.2 Å². The molecule has 0 aliphatic carbocycles. The Labute approximate surface area is 194 Å². The number of aromatic nitrogens is 3. The number of amides is 1. The van der Waals surface area contributed by atoms with Crippen molar-refractivity contribution < 1.29 is 22.7 Å². The van der Waals surface area contributed by atoms with Crippen LogP contribution in [0.25, 0.3) is 11.0 Å². The SMILES string of the molecule is Cc1nc(N2CCN(C)CC2)nc2ccc(NC(=O)CCc3ccc(OC(F)(F)F)cc3)nc12. The fourth-order valence-electron chi connectivity index (χ4n) is 3.68. The number of carbonyl (C=O) groups is 1. The lowest BCUT2D eigenvalue weighted by atomic mass is 10.1. The van der Waals surface area contributed by atoms with E-state index in [4.69, 9.17) is 0 Å². The van der Waals surface area contributed by atoms with Gasteiger partial charge in [0.25, 0.3) is 0 Å². The molecular weight excluding hydrogens is 449 g/mol. The van der Waals surface area contributed by atoms with Crippen LogP contribution in [-0.4, -0.2) is 65.3 Å². The zero-order valence-corrected chi connectivity index (χ0v) is 18.9. The molecule has 11 heteroatoms. The zero-order valence-electron chi connectivity index (χ0n) is 18.9. The molecule has 2 aromatic heterocycles. The van der Waals surface area contributed by atoms with Gasteiger partial charge < -0.3 is 19.9 Å². The van der Waals surface area contributed by atoms with Gasteiger partial charge in [0.1, 0.15) is 17.1 Å². The second-order valence-corrected chi connectivity index (χ2v) is 8.20. The van der Waals surface area contributed by atoms with Gasteiger partial charge in [0, 0.05) is 32.6 Å². The molecule has 4 rings (SSSR count). The van der Waals surface area contributed by atoms with Crippen LogP contribution in [0, 0.1) is 6.92 Å². The summed E-state index contributed by atoms with van der Waals surface area (Å²) in [5.41, 5.74) is 2.78. The van der Waals surface area contributed by atoms with Crippen LogP contribution in [0.1, 0.15) is 17.7 Å². The Bertz CT molecular complexity index is 1160. The maximum absolute atomic E-state index is 12.4. The number of benzene rings is 1. The molecule has 1 amide bonds. The third kappa shape index (κ3) is 6.10. The van der Waals surface area contributed by atoms with Crippen molar-refractivity contribution >= 4 is 28.7 Å². The highest BCUT2D eigenvalue weighted by molar-refractivity contribution is 5.91. The molecule has 180 valence electrons. The van der Waals surface area contributed by atoms with Gasteiger partial charge >= 0.3 is 6.36 Å². The number of anilines is 2. The first-order valence-corrected chi connectivity index (χ1v) is 10.9. The Morgan fingerprint density at radius 3 is 2.41 bits per heavy atom. The number of rotatable bonds is 6. The van der Waals surface area contributed by atoms with E-state index in [1.807, 2.05) is 13.0 Å². The summed E-state index contributed by atoms with van der Waals surface area (Å²) in [6, 6.07) is 8.97. The summed E-state index contributed by atoms with van der Waals surface area (Å²) in [6.45, 7) is 5.50.